The molecule has 1 heterocycles. The highest BCUT2D eigenvalue weighted by Crippen LogP contribution is 2.22. The molecule has 0 aromatic heterocycles. The summed E-state index contributed by atoms with van der Waals surface area (Å²) in [6, 6.07) is -0.791. The van der Waals surface area contributed by atoms with Gasteiger partial charge in [-0.25, -0.2) is 0 Å². The van der Waals surface area contributed by atoms with Gasteiger partial charge in [0.15, 0.2) is 6.29 Å². The molecule has 0 aromatic rings. The molecular formula is C22H41NO8. The van der Waals surface area contributed by atoms with Gasteiger partial charge in [-0.1, -0.05) is 58.1 Å². The van der Waals surface area contributed by atoms with E-state index < -0.39 is 49.5 Å². The van der Waals surface area contributed by atoms with E-state index in [0.717, 1.165) is 19.3 Å². The van der Waals surface area contributed by atoms with Crippen LogP contribution in [0.25, 0.3) is 0 Å². The Kier molecular flexibility index (Phi) is 14.1. The molecule has 1 fully saturated rings. The number of nitrogens with one attached hydrogen (secondary N) is 1. The van der Waals surface area contributed by atoms with Crippen molar-refractivity contribution in [1.29, 1.82) is 0 Å². The first-order valence-electron chi connectivity index (χ1n) is 11.4. The fourth-order valence-electron chi connectivity index (χ4n) is 3.35. The van der Waals surface area contributed by atoms with Crippen LogP contribution in [0, 0.1) is 0 Å². The van der Waals surface area contributed by atoms with Crippen LogP contribution in [-0.4, -0.2) is 87.5 Å². The van der Waals surface area contributed by atoms with Gasteiger partial charge in [0, 0.05) is 6.42 Å². The third kappa shape index (κ3) is 9.95. The summed E-state index contributed by atoms with van der Waals surface area (Å²) in [6.45, 7) is 3.10. The van der Waals surface area contributed by atoms with E-state index in [0.29, 0.717) is 0 Å². The molecule has 0 bridgehead atoms. The molecule has 9 heteroatoms. The Bertz CT molecular complexity index is 516. The number of carbonyl (C=O) groups is 1. The molecule has 31 heavy (non-hydrogen) atoms. The lowest BCUT2D eigenvalue weighted by Crippen LogP contribution is -2.60. The SMILES string of the molecule is CCCCCCCC/C=C/C(O)C(COC1OC(CO)C(O)C(O)C1O)NC(=O)CC. The van der Waals surface area contributed by atoms with E-state index in [9.17, 15) is 30.3 Å². The minimum Gasteiger partial charge on any atom is -0.394 e. The predicted octanol–water partition coefficient (Wildman–Crippen LogP) is 0.365. The first-order valence-corrected chi connectivity index (χ1v) is 11.4. The van der Waals surface area contributed by atoms with E-state index in [1.54, 1.807) is 13.0 Å². The maximum Gasteiger partial charge on any atom is 0.220 e. The maximum atomic E-state index is 11.8. The van der Waals surface area contributed by atoms with Crippen LogP contribution in [0.4, 0.5) is 0 Å². The van der Waals surface area contributed by atoms with Crippen LogP contribution in [0.2, 0.25) is 0 Å². The Morgan fingerprint density at radius 2 is 1.74 bits per heavy atom. The van der Waals surface area contributed by atoms with Crippen molar-refractivity contribution in [2.24, 2.45) is 0 Å². The zero-order chi connectivity index (χ0) is 23.2. The minimum absolute atomic E-state index is 0.197. The molecule has 0 aromatic carbocycles. The third-order valence-corrected chi connectivity index (χ3v) is 5.43. The summed E-state index contributed by atoms with van der Waals surface area (Å²) >= 11 is 0. The number of allylic oxidation sites excluding steroid dienone is 1. The fourth-order valence-corrected chi connectivity index (χ4v) is 3.35. The highest BCUT2D eigenvalue weighted by atomic mass is 16.7. The zero-order valence-corrected chi connectivity index (χ0v) is 18.7. The number of carbonyl (C=O) groups excluding carboxylic acids is 1. The van der Waals surface area contributed by atoms with Gasteiger partial charge < -0.3 is 40.3 Å². The summed E-state index contributed by atoms with van der Waals surface area (Å²) in [6.07, 6.45) is 3.61. The van der Waals surface area contributed by atoms with Crippen molar-refractivity contribution in [1.82, 2.24) is 5.32 Å². The van der Waals surface area contributed by atoms with E-state index >= 15 is 0 Å². The van der Waals surface area contributed by atoms with Crippen LogP contribution >= 0.6 is 0 Å². The lowest BCUT2D eigenvalue weighted by molar-refractivity contribution is -0.302. The largest absolute Gasteiger partial charge is 0.394 e. The van der Waals surface area contributed by atoms with Crippen molar-refractivity contribution in [3.63, 3.8) is 0 Å². The normalized spacial score (nSPS) is 28.5. The Labute approximate surface area is 185 Å². The summed E-state index contributed by atoms with van der Waals surface area (Å²) in [5.74, 6) is -0.272. The van der Waals surface area contributed by atoms with Crippen LogP contribution in [-0.2, 0) is 14.3 Å². The third-order valence-electron chi connectivity index (χ3n) is 5.43. The topological polar surface area (TPSA) is 149 Å². The van der Waals surface area contributed by atoms with Crippen LogP contribution < -0.4 is 5.32 Å². The molecule has 0 radical (unpaired) electrons. The molecule has 1 rings (SSSR count). The van der Waals surface area contributed by atoms with Crippen molar-refractivity contribution in [2.75, 3.05) is 13.2 Å². The van der Waals surface area contributed by atoms with E-state index in [4.69, 9.17) is 9.47 Å². The summed E-state index contributed by atoms with van der Waals surface area (Å²) in [5.41, 5.74) is 0. The van der Waals surface area contributed by atoms with Crippen LogP contribution in [0.3, 0.4) is 0 Å². The molecular weight excluding hydrogens is 406 g/mol. The molecule has 6 N–H and O–H groups in total. The molecule has 1 aliphatic heterocycles. The summed E-state index contributed by atoms with van der Waals surface area (Å²) in [4.78, 5) is 11.8. The zero-order valence-electron chi connectivity index (χ0n) is 18.7. The van der Waals surface area contributed by atoms with Gasteiger partial charge in [-0.3, -0.25) is 4.79 Å². The molecule has 1 amide bonds. The monoisotopic (exact) mass is 447 g/mol. The van der Waals surface area contributed by atoms with E-state index in [-0.39, 0.29) is 18.9 Å². The van der Waals surface area contributed by atoms with Crippen molar-refractivity contribution in [3.05, 3.63) is 12.2 Å². The Morgan fingerprint density at radius 3 is 2.39 bits per heavy atom. The molecule has 1 saturated heterocycles. The molecule has 0 spiro atoms. The summed E-state index contributed by atoms with van der Waals surface area (Å²) < 4.78 is 10.8. The van der Waals surface area contributed by atoms with Crippen molar-refractivity contribution in [3.8, 4) is 0 Å². The standard InChI is InChI=1S/C22H41NO8/c1-3-5-6-7-8-9-10-11-12-16(25)15(23-18(26)4-2)14-30-22-21(29)20(28)19(27)17(13-24)31-22/h11-12,15-17,19-22,24-25,27-29H,3-10,13-14H2,1-2H3,(H,23,26)/b12-11+. The number of rotatable bonds is 15. The minimum atomic E-state index is -1.55. The second-order valence-corrected chi connectivity index (χ2v) is 8.03. The van der Waals surface area contributed by atoms with E-state index in [2.05, 4.69) is 12.2 Å². The van der Waals surface area contributed by atoms with Crippen molar-refractivity contribution in [2.45, 2.75) is 108 Å². The van der Waals surface area contributed by atoms with Crippen molar-refractivity contribution < 1.29 is 39.8 Å². The second kappa shape index (κ2) is 15.7. The number of aliphatic hydroxyl groups is 5. The van der Waals surface area contributed by atoms with Gasteiger partial charge in [0.05, 0.1) is 25.4 Å². The number of ether oxygens (including phenoxy) is 2. The van der Waals surface area contributed by atoms with Gasteiger partial charge in [0.1, 0.15) is 24.4 Å². The Balaban J connectivity index is 2.57. The molecule has 7 unspecified atom stereocenters. The summed E-state index contributed by atoms with van der Waals surface area (Å²) in [7, 11) is 0. The first kappa shape index (κ1) is 28.0. The molecule has 7 atom stereocenters. The number of aliphatic hydroxyl groups excluding tert-OH is 5. The molecule has 0 aliphatic carbocycles. The van der Waals surface area contributed by atoms with Gasteiger partial charge in [-0.2, -0.15) is 0 Å². The maximum absolute atomic E-state index is 11.8. The Hall–Kier alpha value is -1.07. The lowest BCUT2D eigenvalue weighted by Gasteiger charge is -2.40. The van der Waals surface area contributed by atoms with E-state index in [1.165, 1.54) is 25.7 Å². The Morgan fingerprint density at radius 1 is 1.06 bits per heavy atom. The number of hydrogen-bond acceptors (Lipinski definition) is 8. The van der Waals surface area contributed by atoms with Gasteiger partial charge >= 0.3 is 0 Å². The van der Waals surface area contributed by atoms with Crippen molar-refractivity contribution >= 4 is 5.91 Å². The van der Waals surface area contributed by atoms with Gasteiger partial charge in [0.25, 0.3) is 0 Å². The van der Waals surface area contributed by atoms with Gasteiger partial charge in [0.2, 0.25) is 5.91 Å². The number of amides is 1. The lowest BCUT2D eigenvalue weighted by atomic mass is 9.99. The number of hydrogen-bond donors (Lipinski definition) is 6. The quantitative estimate of drug-likeness (QED) is 0.156. The highest BCUT2D eigenvalue weighted by molar-refractivity contribution is 5.75. The molecule has 1 aliphatic rings. The smallest absolute Gasteiger partial charge is 0.220 e. The fraction of sp³-hybridized carbons (Fsp3) is 0.864. The molecule has 182 valence electrons. The summed E-state index contributed by atoms with van der Waals surface area (Å²) in [5, 5.41) is 52.2. The predicted molar refractivity (Wildman–Crippen MR) is 115 cm³/mol. The van der Waals surface area contributed by atoms with Crippen LogP contribution in [0.1, 0.15) is 65.2 Å². The molecule has 9 nitrogen and oxygen atoms in total. The average molecular weight is 448 g/mol. The van der Waals surface area contributed by atoms with Crippen LogP contribution in [0.5, 0.6) is 0 Å². The van der Waals surface area contributed by atoms with Crippen LogP contribution in [0.15, 0.2) is 12.2 Å². The molecule has 0 saturated carbocycles. The first-order chi connectivity index (χ1) is 14.8. The second-order valence-electron chi connectivity index (χ2n) is 8.03. The average Bonchev–Trinajstić information content (AvgIpc) is 2.77. The van der Waals surface area contributed by atoms with Gasteiger partial charge in [-0.15, -0.1) is 0 Å². The highest BCUT2D eigenvalue weighted by Gasteiger charge is 2.44. The van der Waals surface area contributed by atoms with E-state index in [1.807, 2.05) is 6.08 Å². The number of unbranched alkanes of at least 4 members (excludes halogenated alkanes) is 6. The van der Waals surface area contributed by atoms with Gasteiger partial charge in [-0.05, 0) is 12.8 Å².